The van der Waals surface area contributed by atoms with Crippen molar-refractivity contribution in [1.82, 2.24) is 19.4 Å². The van der Waals surface area contributed by atoms with Crippen LogP contribution in [0.5, 0.6) is 5.75 Å². The van der Waals surface area contributed by atoms with Crippen molar-refractivity contribution in [2.24, 2.45) is 5.41 Å². The lowest BCUT2D eigenvalue weighted by molar-refractivity contribution is -0.274. The number of carbonyl (C=O) groups is 2. The van der Waals surface area contributed by atoms with Crippen LogP contribution in [0.2, 0.25) is 0 Å². The van der Waals surface area contributed by atoms with Crippen LogP contribution in [0.4, 0.5) is 18.0 Å². The minimum atomic E-state index is -4.91. The van der Waals surface area contributed by atoms with Gasteiger partial charge in [0.25, 0.3) is 0 Å². The molecule has 4 aliphatic heterocycles. The van der Waals surface area contributed by atoms with E-state index in [0.29, 0.717) is 32.6 Å². The highest BCUT2D eigenvalue weighted by Crippen LogP contribution is 2.43. The number of nitrogens with one attached hydrogen (secondary N) is 1. The standard InChI is InChI=1S/C19H21F3N4O5S.H2/c20-19(21,22)31-13-2-1-3-14(6-13)32(29,30)26-9-17(10-26)7-24(8-17)16(28)25-11-18(12-25)5-4-15(27)23-18;/h1-3,6H,4-5,7-12H2,(H,23,27);1H. The van der Waals surface area contributed by atoms with Crippen LogP contribution >= 0.6 is 0 Å². The van der Waals surface area contributed by atoms with Gasteiger partial charge in [0.05, 0.1) is 10.4 Å². The Morgan fingerprint density at radius 2 is 1.75 bits per heavy atom. The Kier molecular flexibility index (Phi) is 4.48. The minimum absolute atomic E-state index is 0. The number of likely N-dealkylation sites (tertiary alicyclic amines) is 2. The van der Waals surface area contributed by atoms with Crippen molar-refractivity contribution in [2.75, 3.05) is 39.3 Å². The molecule has 1 aromatic rings. The van der Waals surface area contributed by atoms with E-state index in [2.05, 4.69) is 10.1 Å². The van der Waals surface area contributed by atoms with E-state index in [-0.39, 0.29) is 42.3 Å². The lowest BCUT2D eigenvalue weighted by atomic mass is 9.74. The summed E-state index contributed by atoms with van der Waals surface area (Å²) in [6.45, 7) is 2.21. The fourth-order valence-corrected chi connectivity index (χ4v) is 6.68. The van der Waals surface area contributed by atoms with Gasteiger partial charge in [-0.25, -0.2) is 13.2 Å². The SMILES string of the molecule is O=C1CCC2(CN(C(=O)N3CC4(C3)CN(S(=O)(=O)c3cccc(OC(F)(F)F)c3)C4)C2)N1.[HH]. The van der Waals surface area contributed by atoms with Crippen LogP contribution in [0.3, 0.4) is 0 Å². The molecule has 176 valence electrons. The summed E-state index contributed by atoms with van der Waals surface area (Å²) in [5, 5.41) is 2.92. The molecule has 4 aliphatic rings. The zero-order valence-electron chi connectivity index (χ0n) is 16.9. The minimum Gasteiger partial charge on any atom is -0.406 e. The second-order valence-corrected chi connectivity index (χ2v) is 11.1. The molecular weight excluding hydrogens is 453 g/mol. The molecular formula is C19H23F3N4O5S. The number of ether oxygens (including phenoxy) is 1. The maximum atomic E-state index is 12.8. The normalized spacial score (nSPS) is 24.0. The lowest BCUT2D eigenvalue weighted by Gasteiger charge is -2.61. The maximum absolute atomic E-state index is 12.8. The molecule has 4 heterocycles. The molecule has 0 saturated carbocycles. The first kappa shape index (κ1) is 21.3. The zero-order chi connectivity index (χ0) is 22.9. The number of alkyl halides is 3. The quantitative estimate of drug-likeness (QED) is 0.708. The average molecular weight is 476 g/mol. The van der Waals surface area contributed by atoms with Crippen LogP contribution < -0.4 is 10.1 Å². The van der Waals surface area contributed by atoms with Gasteiger partial charge in [-0.3, -0.25) is 4.79 Å². The molecule has 3 amide bonds. The van der Waals surface area contributed by atoms with Gasteiger partial charge in [-0.1, -0.05) is 6.07 Å². The van der Waals surface area contributed by atoms with Crippen LogP contribution in [0.15, 0.2) is 29.2 Å². The van der Waals surface area contributed by atoms with Gasteiger partial charge in [-0.15, -0.1) is 13.2 Å². The van der Waals surface area contributed by atoms with E-state index >= 15 is 0 Å². The Morgan fingerprint density at radius 3 is 2.34 bits per heavy atom. The van der Waals surface area contributed by atoms with Crippen molar-refractivity contribution in [3.63, 3.8) is 0 Å². The molecule has 13 heteroatoms. The zero-order valence-corrected chi connectivity index (χ0v) is 17.7. The largest absolute Gasteiger partial charge is 0.573 e. The molecule has 0 atom stereocenters. The number of rotatable bonds is 3. The molecule has 5 rings (SSSR count). The topological polar surface area (TPSA) is 99.3 Å². The first-order valence-electron chi connectivity index (χ1n) is 10.1. The summed E-state index contributed by atoms with van der Waals surface area (Å²) in [5.74, 6) is -0.591. The summed E-state index contributed by atoms with van der Waals surface area (Å²) in [6.07, 6.45) is -3.71. The summed E-state index contributed by atoms with van der Waals surface area (Å²) < 4.78 is 67.8. The Balaban J connectivity index is 0.00000259. The van der Waals surface area contributed by atoms with Gasteiger partial charge < -0.3 is 19.9 Å². The molecule has 1 N–H and O–H groups in total. The van der Waals surface area contributed by atoms with Crippen molar-refractivity contribution in [3.05, 3.63) is 24.3 Å². The molecule has 0 radical (unpaired) electrons. The van der Waals surface area contributed by atoms with E-state index in [9.17, 15) is 31.2 Å². The van der Waals surface area contributed by atoms with Crippen molar-refractivity contribution in [3.8, 4) is 5.75 Å². The van der Waals surface area contributed by atoms with Crippen LogP contribution in [0.1, 0.15) is 14.3 Å². The Labute approximate surface area is 183 Å². The summed E-state index contributed by atoms with van der Waals surface area (Å²) in [5.41, 5.74) is -0.617. The molecule has 4 saturated heterocycles. The predicted octanol–water partition coefficient (Wildman–Crippen LogP) is 1.22. The number of urea groups is 1. The van der Waals surface area contributed by atoms with Crippen LogP contribution in [-0.4, -0.2) is 85.6 Å². The van der Waals surface area contributed by atoms with Crippen molar-refractivity contribution in [1.29, 1.82) is 0 Å². The molecule has 1 aromatic carbocycles. The fourth-order valence-electron chi connectivity index (χ4n) is 4.98. The van der Waals surface area contributed by atoms with Crippen LogP contribution in [0.25, 0.3) is 0 Å². The second-order valence-electron chi connectivity index (χ2n) is 9.12. The van der Waals surface area contributed by atoms with E-state index in [0.717, 1.165) is 18.6 Å². The van der Waals surface area contributed by atoms with Gasteiger partial charge in [0.15, 0.2) is 0 Å². The second kappa shape index (κ2) is 6.73. The average Bonchev–Trinajstić information content (AvgIpc) is 2.98. The predicted molar refractivity (Wildman–Crippen MR) is 105 cm³/mol. The Hall–Kier alpha value is -2.54. The first-order valence-corrected chi connectivity index (χ1v) is 11.5. The molecule has 4 fully saturated rings. The molecule has 0 aliphatic carbocycles. The van der Waals surface area contributed by atoms with Gasteiger partial charge in [-0.2, -0.15) is 4.31 Å². The third-order valence-corrected chi connectivity index (χ3v) is 8.30. The highest BCUT2D eigenvalue weighted by Gasteiger charge is 2.58. The van der Waals surface area contributed by atoms with E-state index in [1.807, 2.05) is 0 Å². The van der Waals surface area contributed by atoms with Gasteiger partial charge in [0.2, 0.25) is 15.9 Å². The third-order valence-electron chi connectivity index (χ3n) is 6.52. The van der Waals surface area contributed by atoms with Crippen molar-refractivity contribution < 1.29 is 37.3 Å². The fraction of sp³-hybridized carbons (Fsp3) is 0.579. The summed E-state index contributed by atoms with van der Waals surface area (Å²) in [4.78, 5) is 27.1. The van der Waals surface area contributed by atoms with Crippen LogP contribution in [0, 0.1) is 5.41 Å². The van der Waals surface area contributed by atoms with Gasteiger partial charge in [-0.05, 0) is 18.6 Å². The number of sulfonamides is 1. The van der Waals surface area contributed by atoms with Gasteiger partial charge in [0.1, 0.15) is 5.75 Å². The Morgan fingerprint density at radius 1 is 1.09 bits per heavy atom. The molecule has 9 nitrogen and oxygen atoms in total. The third kappa shape index (κ3) is 3.56. The highest BCUT2D eigenvalue weighted by atomic mass is 32.2. The number of nitrogens with zero attached hydrogens (tertiary/aromatic N) is 3. The molecule has 32 heavy (non-hydrogen) atoms. The molecule has 2 spiro atoms. The van der Waals surface area contributed by atoms with Crippen molar-refractivity contribution in [2.45, 2.75) is 29.6 Å². The van der Waals surface area contributed by atoms with E-state index in [1.54, 1.807) is 9.80 Å². The number of hydrogen-bond donors (Lipinski definition) is 1. The molecule has 0 bridgehead atoms. The summed E-state index contributed by atoms with van der Waals surface area (Å²) >= 11 is 0. The maximum Gasteiger partial charge on any atom is 0.573 e. The van der Waals surface area contributed by atoms with E-state index in [1.165, 1.54) is 16.4 Å². The van der Waals surface area contributed by atoms with Crippen LogP contribution in [-0.2, 0) is 14.8 Å². The van der Waals surface area contributed by atoms with Gasteiger partial charge >= 0.3 is 12.4 Å². The number of benzene rings is 1. The molecule has 0 unspecified atom stereocenters. The number of carbonyl (C=O) groups excluding carboxylic acids is 2. The number of halogens is 3. The smallest absolute Gasteiger partial charge is 0.406 e. The lowest BCUT2D eigenvalue weighted by Crippen LogP contribution is -2.77. The van der Waals surface area contributed by atoms with Gasteiger partial charge in [0, 0.05) is 58.6 Å². The van der Waals surface area contributed by atoms with E-state index < -0.39 is 22.1 Å². The first-order chi connectivity index (χ1) is 14.9. The summed E-state index contributed by atoms with van der Waals surface area (Å²) in [7, 11) is -3.96. The molecule has 0 aromatic heterocycles. The highest BCUT2D eigenvalue weighted by molar-refractivity contribution is 7.89. The van der Waals surface area contributed by atoms with E-state index in [4.69, 9.17) is 0 Å². The van der Waals surface area contributed by atoms with Crippen molar-refractivity contribution >= 4 is 22.0 Å². The Bertz CT molecular complexity index is 1080. The number of hydrogen-bond acceptors (Lipinski definition) is 5. The number of amides is 3. The summed E-state index contributed by atoms with van der Waals surface area (Å²) in [6, 6.07) is 4.19. The monoisotopic (exact) mass is 476 g/mol.